The molecule has 0 amide bonds. The lowest BCUT2D eigenvalue weighted by atomic mass is 10.00. The average molecular weight is 333 g/mol. The molecule has 0 aliphatic rings. The summed E-state index contributed by atoms with van der Waals surface area (Å²) in [4.78, 5) is -0.678. The van der Waals surface area contributed by atoms with Gasteiger partial charge >= 0.3 is 0 Å². The second-order valence-electron chi connectivity index (χ2n) is 4.15. The highest BCUT2D eigenvalue weighted by atomic mass is 79.9. The van der Waals surface area contributed by atoms with Gasteiger partial charge in [-0.15, -0.1) is 0 Å². The lowest BCUT2D eigenvalue weighted by Gasteiger charge is -2.14. The molecule has 0 spiro atoms. The number of hydrogen-bond donors (Lipinski definition) is 0. The molecule has 0 nitrogen and oxygen atoms in total. The van der Waals surface area contributed by atoms with E-state index in [0.29, 0.717) is 17.2 Å². The summed E-state index contributed by atoms with van der Waals surface area (Å²) in [7, 11) is 0. The summed E-state index contributed by atoms with van der Waals surface area (Å²) >= 11 is 3.23. The molecule has 1 atom stereocenters. The molecule has 5 heteroatoms. The normalized spacial score (nSPS) is 12.5. The molecule has 19 heavy (non-hydrogen) atoms. The summed E-state index contributed by atoms with van der Waals surface area (Å²) in [5.41, 5.74) is 1.14. The summed E-state index contributed by atoms with van der Waals surface area (Å²) in [5.74, 6) is -3.63. The Morgan fingerprint density at radius 3 is 2.11 bits per heavy atom. The highest BCUT2D eigenvalue weighted by Crippen LogP contribution is 2.35. The van der Waals surface area contributed by atoms with E-state index >= 15 is 0 Å². The van der Waals surface area contributed by atoms with E-state index in [0.717, 1.165) is 6.07 Å². The van der Waals surface area contributed by atoms with Crippen molar-refractivity contribution in [2.24, 2.45) is 0 Å². The van der Waals surface area contributed by atoms with E-state index in [2.05, 4.69) is 15.9 Å². The third-order valence-electron chi connectivity index (χ3n) is 2.82. The molecule has 0 fully saturated rings. The smallest absolute Gasteiger partial charge is 0.161 e. The van der Waals surface area contributed by atoms with Crippen molar-refractivity contribution in [3.8, 4) is 0 Å². The van der Waals surface area contributed by atoms with Crippen molar-refractivity contribution in [1.82, 2.24) is 0 Å². The van der Waals surface area contributed by atoms with Gasteiger partial charge in [0.1, 0.15) is 11.6 Å². The van der Waals surface area contributed by atoms with E-state index in [4.69, 9.17) is 0 Å². The van der Waals surface area contributed by atoms with Gasteiger partial charge in [-0.1, -0.05) is 22.0 Å². The van der Waals surface area contributed by atoms with Gasteiger partial charge in [-0.2, -0.15) is 0 Å². The zero-order valence-electron chi connectivity index (χ0n) is 9.85. The van der Waals surface area contributed by atoms with Gasteiger partial charge in [0.05, 0.1) is 4.83 Å². The second kappa shape index (κ2) is 5.33. The summed E-state index contributed by atoms with van der Waals surface area (Å²) in [6.07, 6.45) is 0. The van der Waals surface area contributed by atoms with Crippen LogP contribution in [0.15, 0.2) is 30.3 Å². The lowest BCUT2D eigenvalue weighted by molar-refractivity contribution is 0.491. The van der Waals surface area contributed by atoms with E-state index in [-0.39, 0.29) is 5.56 Å². The highest BCUT2D eigenvalue weighted by molar-refractivity contribution is 9.09. The van der Waals surface area contributed by atoms with E-state index < -0.39 is 28.1 Å². The van der Waals surface area contributed by atoms with E-state index in [9.17, 15) is 17.6 Å². The van der Waals surface area contributed by atoms with Gasteiger partial charge in [-0.3, -0.25) is 0 Å². The molecule has 0 bridgehead atoms. The third-order valence-corrected chi connectivity index (χ3v) is 3.80. The Labute approximate surface area is 116 Å². The van der Waals surface area contributed by atoms with E-state index in [1.807, 2.05) is 0 Å². The van der Waals surface area contributed by atoms with Crippen LogP contribution in [0.4, 0.5) is 17.6 Å². The minimum atomic E-state index is -1.24. The summed E-state index contributed by atoms with van der Waals surface area (Å²) in [5, 5.41) is 0. The monoisotopic (exact) mass is 332 g/mol. The maximum Gasteiger partial charge on any atom is 0.161 e. The van der Waals surface area contributed by atoms with Gasteiger partial charge < -0.3 is 0 Å². The molecule has 0 N–H and O–H groups in total. The molecular formula is C14H9BrF4. The van der Waals surface area contributed by atoms with Crippen LogP contribution < -0.4 is 0 Å². The van der Waals surface area contributed by atoms with Crippen molar-refractivity contribution in [2.75, 3.05) is 0 Å². The summed E-state index contributed by atoms with van der Waals surface area (Å²) in [6.45, 7) is 1.66. The molecule has 0 aromatic heterocycles. The maximum absolute atomic E-state index is 13.7. The molecule has 100 valence electrons. The number of rotatable bonds is 2. The predicted molar refractivity (Wildman–Crippen MR) is 68.2 cm³/mol. The van der Waals surface area contributed by atoms with Gasteiger partial charge in [0, 0.05) is 11.6 Å². The molecule has 2 aromatic rings. The van der Waals surface area contributed by atoms with Crippen LogP contribution >= 0.6 is 15.9 Å². The number of aryl methyl sites for hydroxylation is 1. The maximum atomic E-state index is 13.7. The minimum absolute atomic E-state index is 0.0337. The average Bonchev–Trinajstić information content (AvgIpc) is 2.33. The lowest BCUT2D eigenvalue weighted by Crippen LogP contribution is -2.02. The third kappa shape index (κ3) is 2.81. The Balaban J connectivity index is 2.49. The molecule has 0 aliphatic heterocycles. The van der Waals surface area contributed by atoms with Gasteiger partial charge in [0.15, 0.2) is 11.6 Å². The van der Waals surface area contributed by atoms with Crippen LogP contribution in [0.1, 0.15) is 21.5 Å². The van der Waals surface area contributed by atoms with Crippen LogP contribution in [-0.4, -0.2) is 0 Å². The molecule has 2 rings (SSSR count). The molecule has 2 aromatic carbocycles. The first-order valence-corrected chi connectivity index (χ1v) is 6.36. The molecule has 0 aliphatic carbocycles. The van der Waals surface area contributed by atoms with Crippen molar-refractivity contribution < 1.29 is 17.6 Å². The molecular weight excluding hydrogens is 324 g/mol. The van der Waals surface area contributed by atoms with Crippen LogP contribution in [0.5, 0.6) is 0 Å². The van der Waals surface area contributed by atoms with Crippen molar-refractivity contribution >= 4 is 15.9 Å². The standard InChI is InChI=1S/C14H9BrF4/c1-7-4-8(16)2-3-9(7)14(15)10-5-12(18)13(19)6-11(10)17/h2-6,14H,1H3. The fourth-order valence-electron chi connectivity index (χ4n) is 1.82. The van der Waals surface area contributed by atoms with E-state index in [1.54, 1.807) is 6.92 Å². The van der Waals surface area contributed by atoms with Crippen molar-refractivity contribution in [2.45, 2.75) is 11.8 Å². The molecule has 0 radical (unpaired) electrons. The fourth-order valence-corrected chi connectivity index (χ4v) is 2.69. The molecule has 0 saturated heterocycles. The van der Waals surface area contributed by atoms with Crippen LogP contribution in [0.3, 0.4) is 0 Å². The molecule has 0 heterocycles. The van der Waals surface area contributed by atoms with Crippen molar-refractivity contribution in [1.29, 1.82) is 0 Å². The SMILES string of the molecule is Cc1cc(F)ccc1C(Br)c1cc(F)c(F)cc1F. The topological polar surface area (TPSA) is 0 Å². The number of halogens is 5. The Bertz CT molecular complexity index is 625. The second-order valence-corrected chi connectivity index (χ2v) is 5.07. The van der Waals surface area contributed by atoms with Crippen LogP contribution in [0, 0.1) is 30.2 Å². The first-order chi connectivity index (χ1) is 8.90. The van der Waals surface area contributed by atoms with Crippen LogP contribution in [-0.2, 0) is 0 Å². The zero-order chi connectivity index (χ0) is 14.2. The summed E-state index contributed by atoms with van der Waals surface area (Å²) < 4.78 is 52.7. The number of hydrogen-bond acceptors (Lipinski definition) is 0. The van der Waals surface area contributed by atoms with Crippen molar-refractivity contribution in [3.63, 3.8) is 0 Å². The van der Waals surface area contributed by atoms with Crippen LogP contribution in [0.2, 0.25) is 0 Å². The Morgan fingerprint density at radius 1 is 0.842 bits per heavy atom. The quantitative estimate of drug-likeness (QED) is 0.411. The Hall–Kier alpha value is -1.36. The largest absolute Gasteiger partial charge is 0.207 e. The fraction of sp³-hybridized carbons (Fsp3) is 0.143. The first-order valence-electron chi connectivity index (χ1n) is 5.44. The van der Waals surface area contributed by atoms with Gasteiger partial charge in [0.2, 0.25) is 0 Å². The van der Waals surface area contributed by atoms with Gasteiger partial charge in [0.25, 0.3) is 0 Å². The molecule has 1 unspecified atom stereocenters. The number of benzene rings is 2. The van der Waals surface area contributed by atoms with Crippen LogP contribution in [0.25, 0.3) is 0 Å². The summed E-state index contributed by atoms with van der Waals surface area (Å²) in [6, 6.07) is 5.30. The highest BCUT2D eigenvalue weighted by Gasteiger charge is 2.19. The van der Waals surface area contributed by atoms with Gasteiger partial charge in [-0.25, -0.2) is 17.6 Å². The molecule has 0 saturated carbocycles. The van der Waals surface area contributed by atoms with E-state index in [1.165, 1.54) is 18.2 Å². The Morgan fingerprint density at radius 2 is 1.47 bits per heavy atom. The van der Waals surface area contributed by atoms with Gasteiger partial charge in [-0.05, 0) is 36.2 Å². The predicted octanol–water partition coefficient (Wildman–Crippen LogP) is 5.04. The first kappa shape index (κ1) is 14.1. The van der Waals surface area contributed by atoms with Crippen molar-refractivity contribution in [3.05, 3.63) is 70.3 Å². The number of alkyl halides is 1. The minimum Gasteiger partial charge on any atom is -0.207 e. The Kier molecular flexibility index (Phi) is 3.94. The zero-order valence-corrected chi connectivity index (χ0v) is 11.4.